The van der Waals surface area contributed by atoms with Gasteiger partial charge in [-0.25, -0.2) is 0 Å². The Bertz CT molecular complexity index is 410. The first-order chi connectivity index (χ1) is 9.52. The van der Waals surface area contributed by atoms with Gasteiger partial charge in [0.05, 0.1) is 5.56 Å². The van der Waals surface area contributed by atoms with Crippen molar-refractivity contribution in [3.05, 3.63) is 35.4 Å². The Morgan fingerprint density at radius 1 is 1.30 bits per heavy atom. The molecule has 1 aliphatic rings. The molecule has 0 saturated carbocycles. The van der Waals surface area contributed by atoms with Gasteiger partial charge in [-0.2, -0.15) is 24.9 Å². The van der Waals surface area contributed by atoms with Crippen LogP contribution in [0.1, 0.15) is 29.9 Å². The summed E-state index contributed by atoms with van der Waals surface area (Å²) in [6.45, 7) is 0.816. The van der Waals surface area contributed by atoms with E-state index in [0.29, 0.717) is 11.8 Å². The van der Waals surface area contributed by atoms with Crippen molar-refractivity contribution < 1.29 is 13.2 Å². The lowest BCUT2D eigenvalue weighted by molar-refractivity contribution is -0.137. The summed E-state index contributed by atoms with van der Waals surface area (Å²) in [5.41, 5.74) is 0.447. The second-order valence-electron chi connectivity index (χ2n) is 5.26. The summed E-state index contributed by atoms with van der Waals surface area (Å²) in [4.78, 5) is 0. The number of rotatable bonds is 4. The molecule has 0 aliphatic carbocycles. The van der Waals surface area contributed by atoms with Crippen LogP contribution in [-0.2, 0) is 6.18 Å². The molecule has 1 nitrogen and oxygen atoms in total. The van der Waals surface area contributed by atoms with E-state index in [1.807, 2.05) is 18.8 Å². The quantitative estimate of drug-likeness (QED) is 0.896. The molecule has 1 heterocycles. The van der Waals surface area contributed by atoms with Gasteiger partial charge >= 0.3 is 6.18 Å². The van der Waals surface area contributed by atoms with Crippen molar-refractivity contribution in [1.82, 2.24) is 5.32 Å². The molecule has 0 radical (unpaired) electrons. The maximum atomic E-state index is 12.6. The zero-order chi connectivity index (χ0) is 14.6. The van der Waals surface area contributed by atoms with Crippen LogP contribution in [0.15, 0.2) is 24.3 Å². The van der Waals surface area contributed by atoms with Crippen LogP contribution in [0.25, 0.3) is 0 Å². The number of likely N-dealkylation sites (N-methyl/N-ethyl adjacent to an activating group) is 1. The number of hydrogen-bond acceptors (Lipinski definition) is 2. The van der Waals surface area contributed by atoms with Crippen molar-refractivity contribution >= 4 is 11.8 Å². The average molecular weight is 303 g/mol. The molecule has 1 N–H and O–H groups in total. The van der Waals surface area contributed by atoms with Gasteiger partial charge < -0.3 is 5.32 Å². The van der Waals surface area contributed by atoms with Gasteiger partial charge in [0.25, 0.3) is 0 Å². The van der Waals surface area contributed by atoms with Crippen LogP contribution in [0.4, 0.5) is 13.2 Å². The molecule has 2 atom stereocenters. The number of nitrogens with one attached hydrogen (secondary N) is 1. The Balaban J connectivity index is 2.16. The zero-order valence-electron chi connectivity index (χ0n) is 11.5. The molecule has 112 valence electrons. The molecule has 0 spiro atoms. The van der Waals surface area contributed by atoms with Gasteiger partial charge in [0.15, 0.2) is 0 Å². The Morgan fingerprint density at radius 3 is 2.50 bits per heavy atom. The average Bonchev–Trinajstić information content (AvgIpc) is 2.45. The van der Waals surface area contributed by atoms with Crippen molar-refractivity contribution in [2.24, 2.45) is 5.92 Å². The van der Waals surface area contributed by atoms with Crippen molar-refractivity contribution in [3.63, 3.8) is 0 Å². The maximum absolute atomic E-state index is 12.6. The third-order valence-electron chi connectivity index (χ3n) is 3.85. The summed E-state index contributed by atoms with van der Waals surface area (Å²) in [7, 11) is 1.90. The number of thioether (sulfide) groups is 1. The van der Waals surface area contributed by atoms with Gasteiger partial charge in [-0.3, -0.25) is 0 Å². The highest BCUT2D eigenvalue weighted by molar-refractivity contribution is 7.99. The number of hydrogen-bond donors (Lipinski definition) is 1. The van der Waals surface area contributed by atoms with Crippen LogP contribution >= 0.6 is 11.8 Å². The predicted molar refractivity (Wildman–Crippen MR) is 78.2 cm³/mol. The molecule has 5 heteroatoms. The van der Waals surface area contributed by atoms with Gasteiger partial charge in [0, 0.05) is 6.54 Å². The lowest BCUT2D eigenvalue weighted by Gasteiger charge is -2.30. The summed E-state index contributed by atoms with van der Waals surface area (Å²) in [6, 6.07) is 5.69. The Kier molecular flexibility index (Phi) is 5.38. The van der Waals surface area contributed by atoms with E-state index < -0.39 is 11.7 Å². The molecular weight excluding hydrogens is 283 g/mol. The first kappa shape index (κ1) is 15.7. The lowest BCUT2D eigenvalue weighted by Crippen LogP contribution is -2.27. The van der Waals surface area contributed by atoms with Crippen LogP contribution < -0.4 is 5.32 Å². The van der Waals surface area contributed by atoms with Gasteiger partial charge in [-0.1, -0.05) is 12.1 Å². The summed E-state index contributed by atoms with van der Waals surface area (Å²) in [6.07, 6.45) is -1.88. The molecule has 0 bridgehead atoms. The van der Waals surface area contributed by atoms with E-state index in [-0.39, 0.29) is 0 Å². The molecule has 1 aliphatic heterocycles. The fourth-order valence-corrected chi connectivity index (χ4v) is 4.02. The van der Waals surface area contributed by atoms with Gasteiger partial charge in [0.1, 0.15) is 0 Å². The second-order valence-corrected chi connectivity index (χ2v) is 6.41. The highest BCUT2D eigenvalue weighted by atomic mass is 32.2. The largest absolute Gasteiger partial charge is 0.416 e. The lowest BCUT2D eigenvalue weighted by atomic mass is 9.83. The minimum atomic E-state index is -4.25. The van der Waals surface area contributed by atoms with E-state index in [4.69, 9.17) is 0 Å². The first-order valence-corrected chi connectivity index (χ1v) is 8.07. The number of benzene rings is 1. The minimum absolute atomic E-state index is 0.301. The van der Waals surface area contributed by atoms with Crippen LogP contribution in [0.3, 0.4) is 0 Å². The topological polar surface area (TPSA) is 12.0 Å². The van der Waals surface area contributed by atoms with Crippen molar-refractivity contribution in [1.29, 1.82) is 0 Å². The van der Waals surface area contributed by atoms with E-state index >= 15 is 0 Å². The molecule has 1 fully saturated rings. The monoisotopic (exact) mass is 303 g/mol. The van der Waals surface area contributed by atoms with Crippen LogP contribution in [0, 0.1) is 5.92 Å². The van der Waals surface area contributed by atoms with Crippen molar-refractivity contribution in [2.45, 2.75) is 24.9 Å². The number of halogens is 3. The highest BCUT2D eigenvalue weighted by Gasteiger charge is 2.31. The van der Waals surface area contributed by atoms with Crippen LogP contribution in [0.5, 0.6) is 0 Å². The summed E-state index contributed by atoms with van der Waals surface area (Å²) >= 11 is 1.95. The second kappa shape index (κ2) is 6.85. The molecule has 20 heavy (non-hydrogen) atoms. The zero-order valence-corrected chi connectivity index (χ0v) is 12.4. The SMILES string of the molecule is CNCC(c1ccc(C(F)(F)F)cc1)C1CCCSC1. The molecule has 2 rings (SSSR count). The molecule has 0 amide bonds. The molecule has 1 aromatic carbocycles. The summed E-state index contributed by atoms with van der Waals surface area (Å²) < 4.78 is 37.8. The molecule has 2 unspecified atom stereocenters. The fraction of sp³-hybridized carbons (Fsp3) is 0.600. The van der Waals surface area contributed by atoms with E-state index in [0.717, 1.165) is 17.9 Å². The molecule has 1 aromatic rings. The Hall–Kier alpha value is -0.680. The van der Waals surface area contributed by atoms with Gasteiger partial charge in [0.2, 0.25) is 0 Å². The third-order valence-corrected chi connectivity index (χ3v) is 5.10. The van der Waals surface area contributed by atoms with Gasteiger partial charge in [-0.15, -0.1) is 0 Å². The Morgan fingerprint density at radius 2 is 2.00 bits per heavy atom. The number of alkyl halides is 3. The van der Waals surface area contributed by atoms with Gasteiger partial charge in [-0.05, 0) is 60.9 Å². The highest BCUT2D eigenvalue weighted by Crippen LogP contribution is 2.36. The van der Waals surface area contributed by atoms with E-state index in [1.54, 1.807) is 12.1 Å². The van der Waals surface area contributed by atoms with E-state index in [9.17, 15) is 13.2 Å². The predicted octanol–water partition coefficient (Wildman–Crippen LogP) is 4.15. The van der Waals surface area contributed by atoms with Crippen molar-refractivity contribution in [2.75, 3.05) is 25.1 Å². The molecular formula is C15H20F3NS. The smallest absolute Gasteiger partial charge is 0.319 e. The maximum Gasteiger partial charge on any atom is 0.416 e. The normalized spacial score (nSPS) is 21.7. The van der Waals surface area contributed by atoms with E-state index in [1.165, 1.54) is 30.7 Å². The Labute approximate surface area is 122 Å². The minimum Gasteiger partial charge on any atom is -0.319 e. The first-order valence-electron chi connectivity index (χ1n) is 6.92. The molecule has 0 aromatic heterocycles. The van der Waals surface area contributed by atoms with Crippen LogP contribution in [0.2, 0.25) is 0 Å². The fourth-order valence-electron chi connectivity index (χ4n) is 2.78. The van der Waals surface area contributed by atoms with Crippen LogP contribution in [-0.4, -0.2) is 25.1 Å². The summed E-state index contributed by atoms with van der Waals surface area (Å²) in [5.74, 6) is 3.16. The summed E-state index contributed by atoms with van der Waals surface area (Å²) in [5, 5.41) is 3.18. The van der Waals surface area contributed by atoms with E-state index in [2.05, 4.69) is 5.32 Å². The van der Waals surface area contributed by atoms with Crippen molar-refractivity contribution in [3.8, 4) is 0 Å². The molecule has 1 saturated heterocycles. The third kappa shape index (κ3) is 3.92. The standard InChI is InChI=1S/C15H20F3NS/c1-19-9-14(12-3-2-8-20-10-12)11-4-6-13(7-5-11)15(16,17)18/h4-7,12,14,19H,2-3,8-10H2,1H3.